The summed E-state index contributed by atoms with van der Waals surface area (Å²) < 4.78 is 1.66. The monoisotopic (exact) mass is 313 g/mol. The van der Waals surface area contributed by atoms with Gasteiger partial charge >= 0.3 is 0 Å². The lowest BCUT2D eigenvalue weighted by Gasteiger charge is -2.29. The van der Waals surface area contributed by atoms with E-state index in [9.17, 15) is 9.59 Å². The first-order chi connectivity index (χ1) is 11.1. The van der Waals surface area contributed by atoms with Gasteiger partial charge in [-0.2, -0.15) is 5.10 Å². The predicted octanol–water partition coefficient (Wildman–Crippen LogP) is 1.04. The number of hydrogen-bond acceptors (Lipinski definition) is 4. The predicted molar refractivity (Wildman–Crippen MR) is 83.8 cm³/mol. The molecule has 2 heterocycles. The molecular weight excluding hydrogens is 294 g/mol. The van der Waals surface area contributed by atoms with Crippen LogP contribution in [0.4, 0.5) is 0 Å². The Kier molecular flexibility index (Phi) is 4.36. The van der Waals surface area contributed by atoms with E-state index in [2.05, 4.69) is 15.4 Å². The van der Waals surface area contributed by atoms with E-state index in [1.807, 2.05) is 0 Å². The third-order valence-corrected chi connectivity index (χ3v) is 4.19. The minimum atomic E-state index is -0.353. The van der Waals surface area contributed by atoms with Gasteiger partial charge in [-0.05, 0) is 31.0 Å². The van der Waals surface area contributed by atoms with Gasteiger partial charge in [-0.25, -0.2) is 4.68 Å². The molecule has 0 aliphatic heterocycles. The number of aromatic nitrogens is 3. The van der Waals surface area contributed by atoms with Crippen molar-refractivity contribution >= 4 is 11.8 Å². The van der Waals surface area contributed by atoms with Gasteiger partial charge in [0.1, 0.15) is 5.69 Å². The van der Waals surface area contributed by atoms with Crippen LogP contribution in [0.15, 0.2) is 36.8 Å². The molecule has 7 nitrogen and oxygen atoms in total. The second-order valence-electron chi connectivity index (χ2n) is 5.72. The maximum atomic E-state index is 12.4. The normalized spacial score (nSPS) is 20.9. The van der Waals surface area contributed by atoms with Crippen LogP contribution in [0.5, 0.6) is 0 Å². The Morgan fingerprint density at radius 2 is 2.09 bits per heavy atom. The standard InChI is InChI=1S/C16H19N5O2/c17-15(22)12-4-1-2-5-13(12)20-16(23)14-10-11(6-8-18-14)21-9-3-7-19-21/h3,6-10,12-13H,1-2,4-5H2,(H2,17,22)(H,20,23)/t12-,13-/m0/s1. The Hall–Kier alpha value is -2.70. The van der Waals surface area contributed by atoms with Crippen molar-refractivity contribution in [1.82, 2.24) is 20.1 Å². The summed E-state index contributed by atoms with van der Waals surface area (Å²) in [6.45, 7) is 0. The summed E-state index contributed by atoms with van der Waals surface area (Å²) in [4.78, 5) is 28.1. The van der Waals surface area contributed by atoms with Crippen molar-refractivity contribution in [3.63, 3.8) is 0 Å². The van der Waals surface area contributed by atoms with Gasteiger partial charge < -0.3 is 11.1 Å². The van der Waals surface area contributed by atoms with Gasteiger partial charge in [0.05, 0.1) is 11.6 Å². The first kappa shape index (κ1) is 15.2. The molecule has 0 radical (unpaired) electrons. The number of nitrogens with zero attached hydrogens (tertiary/aromatic N) is 3. The van der Waals surface area contributed by atoms with Crippen molar-refractivity contribution in [3.8, 4) is 5.69 Å². The fourth-order valence-corrected chi connectivity index (χ4v) is 2.99. The molecule has 120 valence electrons. The topological polar surface area (TPSA) is 103 Å². The van der Waals surface area contributed by atoms with E-state index in [0.29, 0.717) is 5.69 Å². The molecule has 2 aromatic rings. The minimum absolute atomic E-state index is 0.219. The number of hydrogen-bond donors (Lipinski definition) is 2. The van der Waals surface area contributed by atoms with Gasteiger partial charge in [-0.1, -0.05) is 12.8 Å². The minimum Gasteiger partial charge on any atom is -0.369 e. The number of primary amides is 1. The molecule has 1 saturated carbocycles. The van der Waals surface area contributed by atoms with Crippen LogP contribution in [0.3, 0.4) is 0 Å². The van der Waals surface area contributed by atoms with Crippen LogP contribution < -0.4 is 11.1 Å². The zero-order valence-corrected chi connectivity index (χ0v) is 12.7. The molecule has 1 fully saturated rings. The van der Waals surface area contributed by atoms with E-state index in [-0.39, 0.29) is 23.8 Å². The number of nitrogens with two attached hydrogens (primary N) is 1. The van der Waals surface area contributed by atoms with E-state index in [1.54, 1.807) is 41.5 Å². The first-order valence-electron chi connectivity index (χ1n) is 7.71. The molecule has 3 rings (SSSR count). The molecule has 2 atom stereocenters. The number of carbonyl (C=O) groups excluding carboxylic acids is 2. The quantitative estimate of drug-likeness (QED) is 0.880. The fraction of sp³-hybridized carbons (Fsp3) is 0.375. The molecule has 1 aliphatic rings. The molecule has 0 saturated heterocycles. The summed E-state index contributed by atoms with van der Waals surface area (Å²) in [5, 5.41) is 7.04. The Labute approximate surface area is 133 Å². The third kappa shape index (κ3) is 3.39. The summed E-state index contributed by atoms with van der Waals surface area (Å²) in [5.41, 5.74) is 6.50. The highest BCUT2D eigenvalue weighted by Gasteiger charge is 2.30. The molecule has 7 heteroatoms. The lowest BCUT2D eigenvalue weighted by atomic mass is 9.84. The zero-order chi connectivity index (χ0) is 16.2. The zero-order valence-electron chi connectivity index (χ0n) is 12.7. The Bertz CT molecular complexity index is 698. The van der Waals surface area contributed by atoms with Crippen molar-refractivity contribution in [3.05, 3.63) is 42.5 Å². The number of pyridine rings is 1. The Morgan fingerprint density at radius 3 is 2.83 bits per heavy atom. The number of amides is 2. The van der Waals surface area contributed by atoms with Crippen molar-refractivity contribution in [2.45, 2.75) is 31.7 Å². The Morgan fingerprint density at radius 1 is 1.26 bits per heavy atom. The van der Waals surface area contributed by atoms with Crippen molar-refractivity contribution < 1.29 is 9.59 Å². The molecule has 0 unspecified atom stereocenters. The van der Waals surface area contributed by atoms with Crippen LogP contribution in [0, 0.1) is 5.92 Å². The fourth-order valence-electron chi connectivity index (χ4n) is 2.99. The van der Waals surface area contributed by atoms with E-state index < -0.39 is 0 Å². The number of carbonyl (C=O) groups is 2. The van der Waals surface area contributed by atoms with Crippen LogP contribution in [-0.4, -0.2) is 32.6 Å². The van der Waals surface area contributed by atoms with Crippen molar-refractivity contribution in [1.29, 1.82) is 0 Å². The highest BCUT2D eigenvalue weighted by atomic mass is 16.2. The van der Waals surface area contributed by atoms with E-state index in [4.69, 9.17) is 5.73 Å². The van der Waals surface area contributed by atoms with Crippen LogP contribution in [0.1, 0.15) is 36.2 Å². The third-order valence-electron chi connectivity index (χ3n) is 4.19. The first-order valence-corrected chi connectivity index (χ1v) is 7.71. The van der Waals surface area contributed by atoms with E-state index in [1.165, 1.54) is 0 Å². The largest absolute Gasteiger partial charge is 0.369 e. The summed E-state index contributed by atoms with van der Waals surface area (Å²) >= 11 is 0. The average Bonchev–Trinajstić information content (AvgIpc) is 3.10. The lowest BCUT2D eigenvalue weighted by molar-refractivity contribution is -0.123. The maximum Gasteiger partial charge on any atom is 0.270 e. The average molecular weight is 313 g/mol. The highest BCUT2D eigenvalue weighted by molar-refractivity contribution is 5.93. The van der Waals surface area contributed by atoms with E-state index >= 15 is 0 Å². The smallest absolute Gasteiger partial charge is 0.270 e. The number of rotatable bonds is 4. The Balaban J connectivity index is 1.75. The molecule has 2 amide bonds. The lowest BCUT2D eigenvalue weighted by Crippen LogP contribution is -2.47. The maximum absolute atomic E-state index is 12.4. The molecule has 0 aromatic carbocycles. The van der Waals surface area contributed by atoms with Crippen molar-refractivity contribution in [2.24, 2.45) is 11.7 Å². The van der Waals surface area contributed by atoms with Crippen LogP contribution in [0.25, 0.3) is 5.69 Å². The second-order valence-corrected chi connectivity index (χ2v) is 5.72. The summed E-state index contributed by atoms with van der Waals surface area (Å²) in [7, 11) is 0. The number of nitrogens with one attached hydrogen (secondary N) is 1. The van der Waals surface area contributed by atoms with Gasteiger partial charge in [-0.3, -0.25) is 14.6 Å². The molecule has 0 bridgehead atoms. The summed E-state index contributed by atoms with van der Waals surface area (Å²) in [6.07, 6.45) is 8.46. The summed E-state index contributed by atoms with van der Waals surface area (Å²) in [5.74, 6) is -0.951. The van der Waals surface area contributed by atoms with Gasteiger partial charge in [-0.15, -0.1) is 0 Å². The van der Waals surface area contributed by atoms with Gasteiger partial charge in [0.15, 0.2) is 0 Å². The molecule has 3 N–H and O–H groups in total. The SMILES string of the molecule is NC(=O)[C@H]1CCCC[C@@H]1NC(=O)c1cc(-n2cccn2)ccn1. The van der Waals surface area contributed by atoms with Crippen molar-refractivity contribution in [2.75, 3.05) is 0 Å². The molecular formula is C16H19N5O2. The molecule has 2 aromatic heterocycles. The van der Waals surface area contributed by atoms with Gasteiger partial charge in [0.2, 0.25) is 5.91 Å². The molecule has 1 aliphatic carbocycles. The van der Waals surface area contributed by atoms with Crippen LogP contribution in [-0.2, 0) is 4.79 Å². The van der Waals surface area contributed by atoms with Crippen LogP contribution in [0.2, 0.25) is 0 Å². The van der Waals surface area contributed by atoms with Crippen LogP contribution >= 0.6 is 0 Å². The second kappa shape index (κ2) is 6.60. The summed E-state index contributed by atoms with van der Waals surface area (Å²) in [6, 6.07) is 5.03. The van der Waals surface area contributed by atoms with Gasteiger partial charge in [0.25, 0.3) is 5.91 Å². The molecule has 0 spiro atoms. The van der Waals surface area contributed by atoms with Gasteiger partial charge in [0, 0.05) is 24.6 Å². The molecule has 23 heavy (non-hydrogen) atoms. The van der Waals surface area contributed by atoms with E-state index in [0.717, 1.165) is 31.4 Å². The highest BCUT2D eigenvalue weighted by Crippen LogP contribution is 2.24.